The Hall–Kier alpha value is -1.65. The highest BCUT2D eigenvalue weighted by Crippen LogP contribution is 2.24. The van der Waals surface area contributed by atoms with Crippen molar-refractivity contribution in [1.82, 2.24) is 4.98 Å². The van der Waals surface area contributed by atoms with E-state index in [1.54, 1.807) is 24.3 Å². The zero-order valence-electron chi connectivity index (χ0n) is 8.43. The Morgan fingerprint density at radius 1 is 1.29 bits per heavy atom. The fourth-order valence-corrected chi connectivity index (χ4v) is 1.79. The van der Waals surface area contributed by atoms with E-state index in [0.29, 0.717) is 16.1 Å². The summed E-state index contributed by atoms with van der Waals surface area (Å²) in [6.07, 6.45) is 2.12. The van der Waals surface area contributed by atoms with E-state index in [9.17, 15) is 10.1 Å². The van der Waals surface area contributed by atoms with Crippen molar-refractivity contribution in [2.24, 2.45) is 0 Å². The molecular weight excluding hydrogens is 263 g/mol. The van der Waals surface area contributed by atoms with E-state index in [4.69, 9.17) is 23.2 Å². The minimum absolute atomic E-state index is 0.220. The average Bonchev–Trinajstić information content (AvgIpc) is 2.26. The molecule has 0 aliphatic heterocycles. The van der Waals surface area contributed by atoms with Crippen LogP contribution < -0.4 is 0 Å². The predicted molar refractivity (Wildman–Crippen MR) is 67.8 cm³/mol. The molecule has 0 fully saturated rings. The molecule has 0 radical (unpaired) electrons. The third-order valence-electron chi connectivity index (χ3n) is 2.13. The second kappa shape index (κ2) is 4.69. The largest absolute Gasteiger partial charge is 0.259 e. The molecule has 2 rings (SSSR count). The van der Waals surface area contributed by atoms with Crippen molar-refractivity contribution in [1.29, 1.82) is 0 Å². The molecule has 0 N–H and O–H groups in total. The fourth-order valence-electron chi connectivity index (χ4n) is 1.40. The fraction of sp³-hybridized carbons (Fsp3) is 0. The summed E-state index contributed by atoms with van der Waals surface area (Å²) in [5.41, 5.74) is 1.18. The first-order valence-corrected chi connectivity index (χ1v) is 5.39. The molecule has 0 amide bonds. The Kier molecular flexibility index (Phi) is 3.26. The lowest BCUT2D eigenvalue weighted by Crippen LogP contribution is -1.87. The number of nitrogens with zero attached hydrogens (tertiary/aromatic N) is 2. The molecule has 0 atom stereocenters. The standard InChI is InChI=1S/C11H6Cl2N2O2/c12-9-1-2-10-8(6-9)5-7(11(13)14-10)3-4-15(16)17/h1-6H. The summed E-state index contributed by atoms with van der Waals surface area (Å²) in [5, 5.41) is 11.8. The van der Waals surface area contributed by atoms with Crippen LogP contribution in [0.25, 0.3) is 17.0 Å². The number of hydrogen-bond acceptors (Lipinski definition) is 3. The van der Waals surface area contributed by atoms with E-state index in [1.807, 2.05) is 0 Å². The molecule has 0 aliphatic carbocycles. The zero-order valence-corrected chi connectivity index (χ0v) is 9.94. The number of aromatic nitrogens is 1. The Morgan fingerprint density at radius 3 is 2.76 bits per heavy atom. The van der Waals surface area contributed by atoms with Gasteiger partial charge in [0.05, 0.1) is 10.4 Å². The summed E-state index contributed by atoms with van der Waals surface area (Å²) >= 11 is 11.8. The van der Waals surface area contributed by atoms with E-state index in [-0.39, 0.29) is 5.15 Å². The van der Waals surface area contributed by atoms with E-state index in [2.05, 4.69) is 4.98 Å². The molecule has 6 heteroatoms. The monoisotopic (exact) mass is 268 g/mol. The Balaban J connectivity index is 2.57. The van der Waals surface area contributed by atoms with Crippen LogP contribution >= 0.6 is 23.2 Å². The van der Waals surface area contributed by atoms with Crippen molar-refractivity contribution < 1.29 is 4.92 Å². The number of hydrogen-bond donors (Lipinski definition) is 0. The molecule has 2 aromatic rings. The third-order valence-corrected chi connectivity index (χ3v) is 2.67. The lowest BCUT2D eigenvalue weighted by Gasteiger charge is -2.01. The van der Waals surface area contributed by atoms with Crippen LogP contribution in [0.4, 0.5) is 0 Å². The van der Waals surface area contributed by atoms with E-state index < -0.39 is 4.92 Å². The van der Waals surface area contributed by atoms with Gasteiger partial charge >= 0.3 is 0 Å². The van der Waals surface area contributed by atoms with E-state index in [0.717, 1.165) is 11.6 Å². The molecule has 86 valence electrons. The lowest BCUT2D eigenvalue weighted by molar-refractivity contribution is -0.400. The molecule has 0 saturated heterocycles. The van der Waals surface area contributed by atoms with E-state index in [1.165, 1.54) is 6.08 Å². The van der Waals surface area contributed by atoms with Gasteiger partial charge in [0.25, 0.3) is 0 Å². The van der Waals surface area contributed by atoms with Crippen molar-refractivity contribution in [3.05, 3.63) is 56.3 Å². The average molecular weight is 269 g/mol. The van der Waals surface area contributed by atoms with Gasteiger partial charge < -0.3 is 0 Å². The topological polar surface area (TPSA) is 56.0 Å². The van der Waals surface area contributed by atoms with Gasteiger partial charge in [-0.1, -0.05) is 23.2 Å². The molecule has 1 aromatic carbocycles. The summed E-state index contributed by atoms with van der Waals surface area (Å²) in [6, 6.07) is 6.88. The lowest BCUT2D eigenvalue weighted by atomic mass is 10.1. The van der Waals surface area contributed by atoms with Crippen LogP contribution in [-0.2, 0) is 0 Å². The first-order chi connectivity index (χ1) is 8.06. The summed E-state index contributed by atoms with van der Waals surface area (Å²) < 4.78 is 0. The summed E-state index contributed by atoms with van der Waals surface area (Å²) in [6.45, 7) is 0. The number of benzene rings is 1. The van der Waals surface area contributed by atoms with Gasteiger partial charge in [0.2, 0.25) is 6.20 Å². The molecule has 4 nitrogen and oxygen atoms in total. The molecule has 0 spiro atoms. The maximum absolute atomic E-state index is 10.2. The molecular formula is C11H6Cl2N2O2. The van der Waals surface area contributed by atoms with Gasteiger partial charge in [-0.25, -0.2) is 4.98 Å². The molecule has 0 unspecified atom stereocenters. The van der Waals surface area contributed by atoms with Crippen molar-refractivity contribution in [2.45, 2.75) is 0 Å². The second-order valence-electron chi connectivity index (χ2n) is 3.31. The Morgan fingerprint density at radius 2 is 2.06 bits per heavy atom. The number of rotatable bonds is 2. The molecule has 0 saturated carbocycles. The van der Waals surface area contributed by atoms with Crippen molar-refractivity contribution >= 4 is 40.2 Å². The summed E-state index contributed by atoms with van der Waals surface area (Å²) in [7, 11) is 0. The van der Waals surface area contributed by atoms with Crippen LogP contribution in [-0.4, -0.2) is 9.91 Å². The maximum atomic E-state index is 10.2. The van der Waals surface area contributed by atoms with Crippen molar-refractivity contribution in [3.8, 4) is 0 Å². The molecule has 0 bridgehead atoms. The summed E-state index contributed by atoms with van der Waals surface area (Å²) in [4.78, 5) is 13.8. The van der Waals surface area contributed by atoms with Gasteiger partial charge in [-0.15, -0.1) is 0 Å². The smallest absolute Gasteiger partial charge is 0.235 e. The van der Waals surface area contributed by atoms with Crippen LogP contribution in [0, 0.1) is 10.1 Å². The van der Waals surface area contributed by atoms with E-state index >= 15 is 0 Å². The van der Waals surface area contributed by atoms with Gasteiger partial charge in [-0.3, -0.25) is 10.1 Å². The van der Waals surface area contributed by atoms with Crippen molar-refractivity contribution in [2.75, 3.05) is 0 Å². The first-order valence-electron chi connectivity index (χ1n) is 4.64. The van der Waals surface area contributed by atoms with Crippen molar-refractivity contribution in [3.63, 3.8) is 0 Å². The SMILES string of the molecule is O=[N+]([O-])C=Cc1cc2cc(Cl)ccc2nc1Cl. The first kappa shape index (κ1) is 11.8. The van der Waals surface area contributed by atoms with Crippen LogP contribution in [0.1, 0.15) is 5.56 Å². The summed E-state index contributed by atoms with van der Waals surface area (Å²) in [5.74, 6) is 0. The van der Waals surface area contributed by atoms with Gasteiger partial charge in [0.15, 0.2) is 0 Å². The second-order valence-corrected chi connectivity index (χ2v) is 4.10. The van der Waals surface area contributed by atoms with Gasteiger partial charge in [0.1, 0.15) is 5.15 Å². The van der Waals surface area contributed by atoms with Crippen LogP contribution in [0.5, 0.6) is 0 Å². The van der Waals surface area contributed by atoms with Crippen LogP contribution in [0.2, 0.25) is 10.2 Å². The normalized spacial score (nSPS) is 11.2. The predicted octanol–water partition coefficient (Wildman–Crippen LogP) is 3.79. The number of halogens is 2. The quantitative estimate of drug-likeness (QED) is 0.473. The van der Waals surface area contributed by atoms with Gasteiger partial charge in [-0.05, 0) is 24.3 Å². The molecule has 17 heavy (non-hydrogen) atoms. The minimum Gasteiger partial charge on any atom is -0.259 e. The Bertz CT molecular complexity index is 626. The zero-order chi connectivity index (χ0) is 12.4. The maximum Gasteiger partial charge on any atom is 0.235 e. The third kappa shape index (κ3) is 2.72. The number of pyridine rings is 1. The van der Waals surface area contributed by atoms with Crippen LogP contribution in [0.3, 0.4) is 0 Å². The van der Waals surface area contributed by atoms with Gasteiger partial charge in [0, 0.05) is 22.0 Å². The Labute approximate surface area is 107 Å². The molecule has 1 aromatic heterocycles. The van der Waals surface area contributed by atoms with Crippen LogP contribution in [0.15, 0.2) is 30.5 Å². The number of nitro groups is 1. The van der Waals surface area contributed by atoms with Gasteiger partial charge in [-0.2, -0.15) is 0 Å². The molecule has 1 heterocycles. The molecule has 0 aliphatic rings. The number of fused-ring (bicyclic) bond motifs is 1. The highest BCUT2D eigenvalue weighted by atomic mass is 35.5. The minimum atomic E-state index is -0.557. The highest BCUT2D eigenvalue weighted by molar-refractivity contribution is 6.32. The highest BCUT2D eigenvalue weighted by Gasteiger charge is 2.04.